The molecule has 4 nitrogen and oxygen atoms in total. The lowest BCUT2D eigenvalue weighted by Gasteiger charge is -2.15. The van der Waals surface area contributed by atoms with E-state index >= 15 is 0 Å². The smallest absolute Gasteiger partial charge is 0.305 e. The van der Waals surface area contributed by atoms with Crippen LogP contribution in [0, 0.1) is 0 Å². The van der Waals surface area contributed by atoms with Gasteiger partial charge in [0.15, 0.2) is 0 Å². The van der Waals surface area contributed by atoms with Crippen molar-refractivity contribution in [1.82, 2.24) is 5.32 Å². The third-order valence-corrected chi connectivity index (χ3v) is 4.14. The van der Waals surface area contributed by atoms with E-state index in [0.29, 0.717) is 5.56 Å². The zero-order chi connectivity index (χ0) is 14.5. The highest BCUT2D eigenvalue weighted by atomic mass is 79.9. The molecule has 2 N–H and O–H groups in total. The molecule has 0 aliphatic heterocycles. The fraction of sp³-hybridized carbons (Fsp3) is 0.143. The zero-order valence-electron chi connectivity index (χ0n) is 10.4. The molecular weight excluding hydrogens is 342 g/mol. The number of hydrogen-bond donors (Lipinski definition) is 2. The minimum atomic E-state index is -0.946. The first-order chi connectivity index (χ1) is 9.56. The van der Waals surface area contributed by atoms with Gasteiger partial charge in [-0.25, -0.2) is 0 Å². The summed E-state index contributed by atoms with van der Waals surface area (Å²) in [6, 6.07) is 10.1. The van der Waals surface area contributed by atoms with Crippen LogP contribution in [0.5, 0.6) is 0 Å². The molecule has 0 saturated heterocycles. The number of halogens is 1. The molecule has 0 fully saturated rings. The molecule has 1 atom stereocenters. The van der Waals surface area contributed by atoms with E-state index < -0.39 is 12.0 Å². The number of aliphatic carboxylic acids is 1. The van der Waals surface area contributed by atoms with Gasteiger partial charge in [0.25, 0.3) is 5.91 Å². The van der Waals surface area contributed by atoms with Crippen LogP contribution < -0.4 is 5.32 Å². The van der Waals surface area contributed by atoms with E-state index in [0.717, 1.165) is 9.35 Å². The van der Waals surface area contributed by atoms with E-state index in [9.17, 15) is 9.59 Å². The fourth-order valence-electron chi connectivity index (χ4n) is 1.76. The molecule has 1 unspecified atom stereocenters. The highest BCUT2D eigenvalue weighted by molar-refractivity contribution is 9.10. The molecule has 2 rings (SSSR count). The second kappa shape index (κ2) is 6.67. The van der Waals surface area contributed by atoms with Crippen molar-refractivity contribution in [2.45, 2.75) is 12.5 Å². The third kappa shape index (κ3) is 3.91. The fourth-order valence-corrected chi connectivity index (χ4v) is 2.94. The van der Waals surface area contributed by atoms with Crippen molar-refractivity contribution in [1.29, 1.82) is 0 Å². The molecule has 6 heteroatoms. The van der Waals surface area contributed by atoms with Crippen LogP contribution >= 0.6 is 27.3 Å². The number of thiophene rings is 1. The van der Waals surface area contributed by atoms with Gasteiger partial charge in [0.2, 0.25) is 0 Å². The Morgan fingerprint density at radius 1 is 1.30 bits per heavy atom. The third-order valence-electron chi connectivity index (χ3n) is 2.66. The molecule has 0 bridgehead atoms. The molecule has 0 saturated carbocycles. The van der Waals surface area contributed by atoms with Crippen LogP contribution in [0.15, 0.2) is 46.3 Å². The van der Waals surface area contributed by atoms with E-state index in [1.807, 2.05) is 23.6 Å². The van der Waals surface area contributed by atoms with Crippen LogP contribution in [0.2, 0.25) is 0 Å². The van der Waals surface area contributed by atoms with E-state index in [1.165, 1.54) is 11.3 Å². The van der Waals surface area contributed by atoms with Gasteiger partial charge in [0.05, 0.1) is 12.5 Å². The molecule has 104 valence electrons. The Morgan fingerprint density at radius 3 is 2.70 bits per heavy atom. The summed E-state index contributed by atoms with van der Waals surface area (Å²) in [6.45, 7) is 0. The maximum Gasteiger partial charge on any atom is 0.305 e. The molecule has 0 aliphatic carbocycles. The number of nitrogens with one attached hydrogen (secondary N) is 1. The summed E-state index contributed by atoms with van der Waals surface area (Å²) < 4.78 is 0.802. The van der Waals surface area contributed by atoms with Gasteiger partial charge in [-0.15, -0.1) is 11.3 Å². The standard InChI is InChI=1S/C14H12BrNO3S/c15-10-4-1-3-9(7-10)14(19)16-11(8-13(17)18)12-5-2-6-20-12/h1-7,11H,8H2,(H,16,19)(H,17,18). The first-order valence-corrected chi connectivity index (χ1v) is 7.55. The first-order valence-electron chi connectivity index (χ1n) is 5.88. The summed E-state index contributed by atoms with van der Waals surface area (Å²) >= 11 is 4.73. The van der Waals surface area contributed by atoms with Crippen LogP contribution in [0.1, 0.15) is 27.7 Å². The summed E-state index contributed by atoms with van der Waals surface area (Å²) in [6.07, 6.45) is -0.139. The number of carbonyl (C=O) groups excluding carboxylic acids is 1. The van der Waals surface area contributed by atoms with E-state index in [1.54, 1.807) is 18.2 Å². The largest absolute Gasteiger partial charge is 0.481 e. The van der Waals surface area contributed by atoms with Crippen molar-refractivity contribution in [3.8, 4) is 0 Å². The zero-order valence-corrected chi connectivity index (χ0v) is 12.8. The van der Waals surface area contributed by atoms with Crippen LogP contribution in [-0.4, -0.2) is 17.0 Å². The molecular formula is C14H12BrNO3S. The normalized spacial score (nSPS) is 11.8. The second-order valence-electron chi connectivity index (χ2n) is 4.15. The van der Waals surface area contributed by atoms with Crippen LogP contribution in [0.3, 0.4) is 0 Å². The van der Waals surface area contributed by atoms with Crippen LogP contribution in [0.4, 0.5) is 0 Å². The summed E-state index contributed by atoms with van der Waals surface area (Å²) in [5.74, 6) is -1.23. The van der Waals surface area contributed by atoms with Gasteiger partial charge in [-0.3, -0.25) is 9.59 Å². The molecule has 2 aromatic rings. The molecule has 1 aromatic heterocycles. The second-order valence-corrected chi connectivity index (χ2v) is 6.04. The van der Waals surface area contributed by atoms with Gasteiger partial charge in [-0.2, -0.15) is 0 Å². The highest BCUT2D eigenvalue weighted by Gasteiger charge is 2.19. The molecule has 0 aliphatic rings. The quantitative estimate of drug-likeness (QED) is 0.864. The lowest BCUT2D eigenvalue weighted by atomic mass is 10.1. The minimum Gasteiger partial charge on any atom is -0.481 e. The molecule has 0 radical (unpaired) electrons. The molecule has 1 amide bonds. The van der Waals surface area contributed by atoms with Crippen LogP contribution in [-0.2, 0) is 4.79 Å². The average molecular weight is 354 g/mol. The number of benzene rings is 1. The van der Waals surface area contributed by atoms with Gasteiger partial charge in [-0.05, 0) is 29.6 Å². The highest BCUT2D eigenvalue weighted by Crippen LogP contribution is 2.23. The van der Waals surface area contributed by atoms with E-state index in [2.05, 4.69) is 21.2 Å². The minimum absolute atomic E-state index is 0.139. The van der Waals surface area contributed by atoms with Crippen LogP contribution in [0.25, 0.3) is 0 Å². The lowest BCUT2D eigenvalue weighted by molar-refractivity contribution is -0.137. The SMILES string of the molecule is O=C(O)CC(NC(=O)c1cccc(Br)c1)c1cccs1. The number of amides is 1. The summed E-state index contributed by atoms with van der Waals surface area (Å²) in [5.41, 5.74) is 0.492. The number of carboxylic acids is 1. The Balaban J connectivity index is 2.15. The maximum absolute atomic E-state index is 12.2. The topological polar surface area (TPSA) is 66.4 Å². The Hall–Kier alpha value is -1.66. The number of rotatable bonds is 5. The van der Waals surface area contributed by atoms with Crippen molar-refractivity contribution in [3.63, 3.8) is 0 Å². The van der Waals surface area contributed by atoms with Crippen molar-refractivity contribution < 1.29 is 14.7 Å². The van der Waals surface area contributed by atoms with Gasteiger partial charge >= 0.3 is 5.97 Å². The number of carboxylic acid groups (broad SMARTS) is 1. The Labute approximate surface area is 128 Å². The molecule has 1 aromatic carbocycles. The predicted molar refractivity (Wildman–Crippen MR) is 80.9 cm³/mol. The first kappa shape index (κ1) is 14.7. The number of carbonyl (C=O) groups is 2. The van der Waals surface area contributed by atoms with Crippen molar-refractivity contribution >= 4 is 39.1 Å². The molecule has 20 heavy (non-hydrogen) atoms. The Kier molecular flexibility index (Phi) is 4.92. The van der Waals surface area contributed by atoms with Crippen molar-refractivity contribution in [2.24, 2.45) is 0 Å². The van der Waals surface area contributed by atoms with Crippen molar-refractivity contribution in [2.75, 3.05) is 0 Å². The summed E-state index contributed by atoms with van der Waals surface area (Å²) in [7, 11) is 0. The van der Waals surface area contributed by atoms with E-state index in [4.69, 9.17) is 5.11 Å². The average Bonchev–Trinajstić information content (AvgIpc) is 2.91. The predicted octanol–water partition coefficient (Wildman–Crippen LogP) is 3.46. The summed E-state index contributed by atoms with van der Waals surface area (Å²) in [4.78, 5) is 23.9. The Bertz CT molecular complexity index is 613. The molecule has 0 spiro atoms. The van der Waals surface area contributed by atoms with Gasteiger partial charge < -0.3 is 10.4 Å². The molecule has 1 heterocycles. The lowest BCUT2D eigenvalue weighted by Crippen LogP contribution is -2.29. The monoisotopic (exact) mass is 353 g/mol. The maximum atomic E-state index is 12.2. The van der Waals surface area contributed by atoms with Crippen molar-refractivity contribution in [3.05, 3.63) is 56.7 Å². The Morgan fingerprint density at radius 2 is 2.10 bits per heavy atom. The van der Waals surface area contributed by atoms with Gasteiger partial charge in [0, 0.05) is 14.9 Å². The van der Waals surface area contributed by atoms with Gasteiger partial charge in [-0.1, -0.05) is 28.1 Å². The van der Waals surface area contributed by atoms with Gasteiger partial charge in [0.1, 0.15) is 0 Å². The van der Waals surface area contributed by atoms with E-state index in [-0.39, 0.29) is 12.3 Å². The number of hydrogen-bond acceptors (Lipinski definition) is 3. The summed E-state index contributed by atoms with van der Waals surface area (Å²) in [5, 5.41) is 13.6.